The number of phenols is 1. The molecule has 0 heterocycles. The van der Waals surface area contributed by atoms with Crippen molar-refractivity contribution in [2.75, 3.05) is 20.6 Å². The van der Waals surface area contributed by atoms with Gasteiger partial charge in [-0.25, -0.2) is 0 Å². The maximum Gasteiger partial charge on any atom is 0.255 e. The number of nitrogens with one attached hydrogen (secondary N) is 1. The van der Waals surface area contributed by atoms with Crippen molar-refractivity contribution in [2.45, 2.75) is 58.2 Å². The Labute approximate surface area is 221 Å². The number of aliphatic hydroxyl groups is 3. The first kappa shape index (κ1) is 27.8. The minimum Gasteiger partial charge on any atom is -0.508 e. The van der Waals surface area contributed by atoms with Gasteiger partial charge in [0.1, 0.15) is 22.8 Å². The number of aromatic hydroxyl groups is 1. The summed E-state index contributed by atoms with van der Waals surface area (Å²) in [5.74, 6) is -5.98. The third-order valence-corrected chi connectivity index (χ3v) is 8.14. The lowest BCUT2D eigenvalue weighted by Gasteiger charge is -2.50. The molecular weight excluding hydrogens is 490 g/mol. The van der Waals surface area contributed by atoms with E-state index >= 15 is 0 Å². The van der Waals surface area contributed by atoms with E-state index in [1.807, 2.05) is 13.0 Å². The van der Waals surface area contributed by atoms with Crippen LogP contribution in [0.2, 0.25) is 0 Å². The quantitative estimate of drug-likeness (QED) is 0.285. The number of Topliss-reactive ketones (excluding diaryl/α,β-unsaturated/α-hetero) is 2. The number of rotatable bonds is 7. The van der Waals surface area contributed by atoms with E-state index in [0.717, 1.165) is 12.1 Å². The molecule has 206 valence electrons. The molecule has 1 amide bonds. The van der Waals surface area contributed by atoms with E-state index in [1.165, 1.54) is 4.90 Å². The molecule has 3 aliphatic rings. The summed E-state index contributed by atoms with van der Waals surface area (Å²) in [6.45, 7) is 7.17. The smallest absolute Gasteiger partial charge is 0.255 e. The van der Waals surface area contributed by atoms with Crippen LogP contribution in [-0.4, -0.2) is 75.1 Å². The molecule has 4 rings (SSSR count). The normalized spacial score (nSPS) is 27.1. The number of primary amides is 1. The van der Waals surface area contributed by atoms with Gasteiger partial charge in [0.25, 0.3) is 5.91 Å². The molecule has 0 saturated heterocycles. The van der Waals surface area contributed by atoms with Crippen LogP contribution < -0.4 is 11.1 Å². The number of fused-ring (bicyclic) bond motifs is 3. The molecule has 10 nitrogen and oxygen atoms in total. The average Bonchev–Trinajstić information content (AvgIpc) is 2.82. The summed E-state index contributed by atoms with van der Waals surface area (Å²) in [6.07, 6.45) is 0.999. The Morgan fingerprint density at radius 1 is 1.21 bits per heavy atom. The van der Waals surface area contributed by atoms with Gasteiger partial charge in [-0.05, 0) is 62.9 Å². The molecule has 1 fully saturated rings. The Balaban J connectivity index is 1.91. The molecule has 1 aromatic carbocycles. The second-order valence-electron chi connectivity index (χ2n) is 11.2. The maximum atomic E-state index is 13.9. The van der Waals surface area contributed by atoms with Crippen LogP contribution in [0.5, 0.6) is 5.75 Å². The maximum absolute atomic E-state index is 13.9. The van der Waals surface area contributed by atoms with E-state index < -0.39 is 58.0 Å². The van der Waals surface area contributed by atoms with Crippen molar-refractivity contribution in [3.8, 4) is 5.75 Å². The van der Waals surface area contributed by atoms with Gasteiger partial charge in [0, 0.05) is 23.6 Å². The number of nitrogens with two attached hydrogens (primary N) is 1. The molecule has 0 aliphatic heterocycles. The molecule has 0 unspecified atom stereocenters. The lowest BCUT2D eigenvalue weighted by molar-refractivity contribution is -0.153. The third-order valence-electron chi connectivity index (χ3n) is 8.14. The van der Waals surface area contributed by atoms with Crippen molar-refractivity contribution >= 4 is 23.2 Å². The number of hydrogen-bond acceptors (Lipinski definition) is 9. The summed E-state index contributed by atoms with van der Waals surface area (Å²) >= 11 is 0. The number of carbonyl (C=O) groups excluding carboxylic acids is 3. The van der Waals surface area contributed by atoms with Crippen LogP contribution in [0, 0.1) is 17.8 Å². The van der Waals surface area contributed by atoms with Crippen LogP contribution in [0.1, 0.15) is 49.4 Å². The molecule has 38 heavy (non-hydrogen) atoms. The third kappa shape index (κ3) is 4.02. The highest BCUT2D eigenvalue weighted by Gasteiger charge is 2.64. The number of benzene rings is 1. The molecule has 1 saturated carbocycles. The van der Waals surface area contributed by atoms with E-state index in [-0.39, 0.29) is 23.3 Å². The van der Waals surface area contributed by atoms with Gasteiger partial charge >= 0.3 is 0 Å². The van der Waals surface area contributed by atoms with E-state index in [4.69, 9.17) is 5.73 Å². The Morgan fingerprint density at radius 3 is 2.42 bits per heavy atom. The minimum atomic E-state index is -2.63. The fraction of sp³-hybridized carbons (Fsp3) is 0.536. The van der Waals surface area contributed by atoms with Gasteiger partial charge in [-0.2, -0.15) is 0 Å². The number of ketones is 2. The zero-order valence-electron chi connectivity index (χ0n) is 22.5. The monoisotopic (exact) mass is 527 g/mol. The van der Waals surface area contributed by atoms with Gasteiger partial charge in [0.2, 0.25) is 5.78 Å². The fourth-order valence-corrected chi connectivity index (χ4v) is 6.40. The second kappa shape index (κ2) is 9.83. The Morgan fingerprint density at radius 2 is 1.87 bits per heavy atom. The van der Waals surface area contributed by atoms with Crippen molar-refractivity contribution in [3.05, 3.63) is 45.2 Å². The van der Waals surface area contributed by atoms with Crippen molar-refractivity contribution in [2.24, 2.45) is 23.5 Å². The van der Waals surface area contributed by atoms with E-state index in [9.17, 15) is 34.8 Å². The predicted octanol–water partition coefficient (Wildman–Crippen LogP) is 1.27. The van der Waals surface area contributed by atoms with Crippen LogP contribution in [0.25, 0.3) is 5.76 Å². The predicted molar refractivity (Wildman–Crippen MR) is 140 cm³/mol. The van der Waals surface area contributed by atoms with Crippen molar-refractivity contribution in [1.82, 2.24) is 10.2 Å². The van der Waals surface area contributed by atoms with Crippen LogP contribution in [0.4, 0.5) is 0 Å². The molecule has 0 radical (unpaired) electrons. The highest BCUT2D eigenvalue weighted by atomic mass is 16.3. The molecule has 10 heteroatoms. The van der Waals surface area contributed by atoms with Gasteiger partial charge in [-0.3, -0.25) is 19.3 Å². The van der Waals surface area contributed by atoms with Crippen molar-refractivity contribution in [3.63, 3.8) is 0 Å². The summed E-state index contributed by atoms with van der Waals surface area (Å²) in [5.41, 5.74) is 4.12. The molecule has 1 aromatic rings. The molecule has 0 bridgehead atoms. The molecule has 4 atom stereocenters. The van der Waals surface area contributed by atoms with Crippen LogP contribution in [0.3, 0.4) is 0 Å². The lowest BCUT2D eigenvalue weighted by atomic mass is 9.57. The standard InChI is InChI=1S/C28H37N3O7/c1-6-13-7-15(11-30-10-12(2)3)22(32)19-16(13)8-14-9-17-21(31(4)5)24(34)20(27(29)37)26(36)28(17,38)25(35)18(14)23(19)33/h7,12,14,17,21,30,32-33,36,38H,6,8-11H2,1-5H3,(H2,29,37)/t14-,17+,21-,28-/m0/s1. The summed E-state index contributed by atoms with van der Waals surface area (Å²) in [6, 6.07) is 0.808. The number of aliphatic hydroxyl groups excluding tert-OH is 2. The number of likely N-dealkylation sites (N-methyl/N-ethyl adjacent to an activating group) is 1. The van der Waals surface area contributed by atoms with Gasteiger partial charge in [0.15, 0.2) is 11.4 Å². The van der Waals surface area contributed by atoms with Crippen LogP contribution in [0.15, 0.2) is 23.0 Å². The molecule has 0 aromatic heterocycles. The lowest BCUT2D eigenvalue weighted by Crippen LogP contribution is -2.65. The average molecular weight is 528 g/mol. The molecule has 3 aliphatic carbocycles. The summed E-state index contributed by atoms with van der Waals surface area (Å²) in [5, 5.41) is 48.6. The Bertz CT molecular complexity index is 1280. The first-order chi connectivity index (χ1) is 17.8. The highest BCUT2D eigenvalue weighted by Crippen LogP contribution is 2.53. The molecule has 7 N–H and O–H groups in total. The largest absolute Gasteiger partial charge is 0.508 e. The van der Waals surface area contributed by atoms with Gasteiger partial charge in [-0.1, -0.05) is 26.8 Å². The van der Waals surface area contributed by atoms with E-state index in [2.05, 4.69) is 19.2 Å². The number of amides is 1. The first-order valence-electron chi connectivity index (χ1n) is 13.0. The first-order valence-corrected chi connectivity index (χ1v) is 13.0. The van der Waals surface area contributed by atoms with E-state index in [0.29, 0.717) is 36.4 Å². The number of phenolic OH excluding ortho intramolecular Hbond substituents is 1. The topological polar surface area (TPSA) is 173 Å². The fourth-order valence-electron chi connectivity index (χ4n) is 6.40. The second-order valence-corrected chi connectivity index (χ2v) is 11.2. The minimum absolute atomic E-state index is 0.0768. The number of hydrogen-bond donors (Lipinski definition) is 6. The van der Waals surface area contributed by atoms with Crippen LogP contribution >= 0.6 is 0 Å². The van der Waals surface area contributed by atoms with Crippen molar-refractivity contribution in [1.29, 1.82) is 0 Å². The van der Waals surface area contributed by atoms with E-state index in [1.54, 1.807) is 14.1 Å². The Hall–Kier alpha value is -3.21. The highest BCUT2D eigenvalue weighted by molar-refractivity contribution is 6.24. The SMILES string of the molecule is CCc1cc(CNCC(C)C)c(O)c2c1C[C@H]1C[C@@H]3[C@H](N(C)C)C(=O)C(C(N)=O)=C(O)[C@@]3(O)C(=O)C1=C2O. The van der Waals surface area contributed by atoms with Crippen LogP contribution in [-0.2, 0) is 33.8 Å². The van der Waals surface area contributed by atoms with Gasteiger partial charge in [0.05, 0.1) is 11.6 Å². The number of aryl methyl sites for hydroxylation is 1. The number of carbonyl (C=O) groups is 3. The number of nitrogens with zero attached hydrogens (tertiary/aromatic N) is 1. The van der Waals surface area contributed by atoms with Crippen molar-refractivity contribution < 1.29 is 34.8 Å². The zero-order chi connectivity index (χ0) is 28.3. The summed E-state index contributed by atoms with van der Waals surface area (Å²) in [7, 11) is 3.16. The summed E-state index contributed by atoms with van der Waals surface area (Å²) in [4.78, 5) is 40.7. The molecular formula is C28H37N3O7. The van der Waals surface area contributed by atoms with Gasteiger partial charge in [-0.15, -0.1) is 0 Å². The summed E-state index contributed by atoms with van der Waals surface area (Å²) < 4.78 is 0. The molecule has 0 spiro atoms. The zero-order valence-corrected chi connectivity index (χ0v) is 22.5. The van der Waals surface area contributed by atoms with Gasteiger partial charge < -0.3 is 31.5 Å². The Kier molecular flexibility index (Phi) is 7.20.